The lowest BCUT2D eigenvalue weighted by Crippen LogP contribution is -2.71. The lowest BCUT2D eigenvalue weighted by atomic mass is 9.79. The van der Waals surface area contributed by atoms with E-state index in [4.69, 9.17) is 9.47 Å². The van der Waals surface area contributed by atoms with E-state index in [1.807, 2.05) is 0 Å². The van der Waals surface area contributed by atoms with E-state index in [1.165, 1.54) is 4.90 Å². The molecule has 1 heterocycles. The van der Waals surface area contributed by atoms with E-state index in [0.29, 0.717) is 26.3 Å². The minimum atomic E-state index is -6.03. The molecule has 25 heavy (non-hydrogen) atoms. The third kappa shape index (κ3) is 3.72. The third-order valence-electron chi connectivity index (χ3n) is 4.66. The Bertz CT molecular complexity index is 467. The molecule has 1 aliphatic carbocycles. The van der Waals surface area contributed by atoms with Gasteiger partial charge in [-0.05, 0) is 25.7 Å². The molecule has 146 valence electrons. The van der Waals surface area contributed by atoms with Crippen molar-refractivity contribution in [3.63, 3.8) is 0 Å². The van der Waals surface area contributed by atoms with Crippen LogP contribution in [0.3, 0.4) is 0 Å². The van der Waals surface area contributed by atoms with Gasteiger partial charge in [0.2, 0.25) is 0 Å². The average Bonchev–Trinajstić information content (AvgIpc) is 2.94. The Morgan fingerprint density at radius 3 is 1.96 bits per heavy atom. The molecule has 11 heteroatoms. The third-order valence-corrected chi connectivity index (χ3v) is 4.66. The van der Waals surface area contributed by atoms with Crippen molar-refractivity contribution in [1.82, 2.24) is 4.90 Å². The number of carbonyl (C=O) groups is 1. The zero-order valence-electron chi connectivity index (χ0n) is 13.3. The summed E-state index contributed by atoms with van der Waals surface area (Å²) in [7, 11) is 0. The number of halogens is 6. The van der Waals surface area contributed by atoms with Crippen LogP contribution in [0.2, 0.25) is 0 Å². The molecule has 0 aromatic heterocycles. The van der Waals surface area contributed by atoms with Gasteiger partial charge in [0, 0.05) is 13.1 Å². The summed E-state index contributed by atoms with van der Waals surface area (Å²) in [4.78, 5) is 13.5. The van der Waals surface area contributed by atoms with E-state index in [-0.39, 0.29) is 12.8 Å². The highest BCUT2D eigenvalue weighted by molar-refractivity contribution is 5.72. The van der Waals surface area contributed by atoms with Crippen LogP contribution >= 0.6 is 0 Å². The molecule has 5 nitrogen and oxygen atoms in total. The minimum absolute atomic E-state index is 0.0146. The number of hydrogen-bond acceptors (Lipinski definition) is 5. The summed E-state index contributed by atoms with van der Waals surface area (Å²) in [5.74, 6) is -1.23. The molecule has 1 N–H and O–H groups in total. The molecule has 1 saturated heterocycles. The molecule has 2 rings (SSSR count). The summed E-state index contributed by atoms with van der Waals surface area (Å²) in [6.07, 6.45) is -13.5. The van der Waals surface area contributed by atoms with Gasteiger partial charge in [0.15, 0.2) is 5.60 Å². The fraction of sp³-hybridized carbons (Fsp3) is 0.929. The van der Waals surface area contributed by atoms with E-state index in [1.54, 1.807) is 0 Å². The maximum absolute atomic E-state index is 13.2. The Labute approximate surface area is 139 Å². The monoisotopic (exact) mass is 379 g/mol. The summed E-state index contributed by atoms with van der Waals surface area (Å²) in [5, 5.41) is 9.73. The molecule has 0 radical (unpaired) electrons. The van der Waals surface area contributed by atoms with E-state index < -0.39 is 48.9 Å². The van der Waals surface area contributed by atoms with Gasteiger partial charge in [-0.15, -0.1) is 0 Å². The number of carbonyl (C=O) groups excluding carboxylic acids is 1. The summed E-state index contributed by atoms with van der Waals surface area (Å²) < 4.78 is 89.1. The quantitative estimate of drug-likeness (QED) is 0.598. The zero-order valence-corrected chi connectivity index (χ0v) is 13.3. The Balaban J connectivity index is 2.25. The van der Waals surface area contributed by atoms with Crippen molar-refractivity contribution >= 4 is 5.97 Å². The fourth-order valence-electron chi connectivity index (χ4n) is 3.35. The molecular formula is C14H19F6NO4. The number of esters is 1. The number of morpholine rings is 1. The van der Waals surface area contributed by atoms with Gasteiger partial charge in [-0.2, -0.15) is 26.3 Å². The van der Waals surface area contributed by atoms with Crippen LogP contribution in [0.25, 0.3) is 0 Å². The Morgan fingerprint density at radius 1 is 1.04 bits per heavy atom. The van der Waals surface area contributed by atoms with Crippen molar-refractivity contribution < 1.29 is 45.7 Å². The number of alkyl halides is 6. The number of hydrogen-bond donors (Lipinski definition) is 1. The Hall–Kier alpha value is -1.07. The SMILES string of the molecule is O=C(CN1CCOCC1)OC1(C(O)(C(F)(F)F)C(F)(F)F)CCCC1. The fourth-order valence-corrected chi connectivity index (χ4v) is 3.35. The smallest absolute Gasteiger partial charge is 0.430 e. The summed E-state index contributed by atoms with van der Waals surface area (Å²) in [6, 6.07) is 0. The van der Waals surface area contributed by atoms with Crippen LogP contribution < -0.4 is 0 Å². The van der Waals surface area contributed by atoms with E-state index in [2.05, 4.69) is 0 Å². The molecule has 0 aromatic rings. The summed E-state index contributed by atoms with van der Waals surface area (Å²) in [6.45, 7) is 0.758. The van der Waals surface area contributed by atoms with Crippen LogP contribution in [0.1, 0.15) is 25.7 Å². The van der Waals surface area contributed by atoms with Crippen LogP contribution in [0, 0.1) is 0 Å². The molecular weight excluding hydrogens is 360 g/mol. The second kappa shape index (κ2) is 6.92. The molecule has 1 aliphatic heterocycles. The van der Waals surface area contributed by atoms with Gasteiger partial charge < -0.3 is 14.6 Å². The van der Waals surface area contributed by atoms with Crippen molar-refractivity contribution in [3.8, 4) is 0 Å². The van der Waals surface area contributed by atoms with E-state index >= 15 is 0 Å². The van der Waals surface area contributed by atoms with E-state index in [0.717, 1.165) is 0 Å². The number of ether oxygens (including phenoxy) is 2. The number of nitrogens with zero attached hydrogens (tertiary/aromatic N) is 1. The summed E-state index contributed by atoms with van der Waals surface area (Å²) >= 11 is 0. The van der Waals surface area contributed by atoms with Crippen molar-refractivity contribution in [3.05, 3.63) is 0 Å². The molecule has 2 aliphatic rings. The van der Waals surface area contributed by atoms with Crippen molar-refractivity contribution in [1.29, 1.82) is 0 Å². The first-order chi connectivity index (χ1) is 11.4. The normalized spacial score (nSPS) is 22.8. The Kier molecular flexibility index (Phi) is 5.60. The second-order valence-corrected chi connectivity index (χ2v) is 6.27. The first-order valence-corrected chi connectivity index (χ1v) is 7.81. The van der Waals surface area contributed by atoms with Gasteiger partial charge in [0.1, 0.15) is 0 Å². The molecule has 0 spiro atoms. The number of aliphatic hydroxyl groups is 1. The van der Waals surface area contributed by atoms with Crippen LogP contribution in [0.5, 0.6) is 0 Å². The maximum atomic E-state index is 13.2. The molecule has 0 unspecified atom stereocenters. The molecule has 1 saturated carbocycles. The van der Waals surface area contributed by atoms with Crippen molar-refractivity contribution in [2.24, 2.45) is 0 Å². The first kappa shape index (κ1) is 20.2. The standard InChI is InChI=1S/C14H19F6NO4/c15-13(16,17)12(23,14(18,19)20)11(3-1-2-4-11)25-10(22)9-21-5-7-24-8-6-21/h23H,1-9H2. The zero-order chi connectivity index (χ0) is 18.9. The number of rotatable bonds is 4. The van der Waals surface area contributed by atoms with E-state index in [9.17, 15) is 36.2 Å². The maximum Gasteiger partial charge on any atom is 0.430 e. The van der Waals surface area contributed by atoms with Crippen LogP contribution in [-0.4, -0.2) is 72.4 Å². The van der Waals surface area contributed by atoms with Gasteiger partial charge in [-0.25, -0.2) is 0 Å². The largest absolute Gasteiger partial charge is 0.454 e. The van der Waals surface area contributed by atoms with Gasteiger partial charge >= 0.3 is 18.3 Å². The highest BCUT2D eigenvalue weighted by Gasteiger charge is 2.81. The lowest BCUT2D eigenvalue weighted by Gasteiger charge is -2.45. The molecule has 2 fully saturated rings. The van der Waals surface area contributed by atoms with Gasteiger partial charge in [0.05, 0.1) is 19.8 Å². The van der Waals surface area contributed by atoms with Crippen LogP contribution in [0.4, 0.5) is 26.3 Å². The minimum Gasteiger partial charge on any atom is -0.454 e. The first-order valence-electron chi connectivity index (χ1n) is 7.81. The van der Waals surface area contributed by atoms with Gasteiger partial charge in [-0.3, -0.25) is 9.69 Å². The lowest BCUT2D eigenvalue weighted by molar-refractivity contribution is -0.411. The Morgan fingerprint density at radius 2 is 1.52 bits per heavy atom. The molecule has 0 amide bonds. The highest BCUT2D eigenvalue weighted by Crippen LogP contribution is 2.56. The topological polar surface area (TPSA) is 59.0 Å². The van der Waals surface area contributed by atoms with Crippen molar-refractivity contribution in [2.45, 2.75) is 49.2 Å². The summed E-state index contributed by atoms with van der Waals surface area (Å²) in [5.41, 5.74) is -8.17. The molecule has 0 atom stereocenters. The van der Waals surface area contributed by atoms with Crippen molar-refractivity contribution in [2.75, 3.05) is 32.8 Å². The predicted molar refractivity (Wildman–Crippen MR) is 71.6 cm³/mol. The van der Waals surface area contributed by atoms with Gasteiger partial charge in [0.25, 0.3) is 5.60 Å². The predicted octanol–water partition coefficient (Wildman–Crippen LogP) is 2.03. The highest BCUT2D eigenvalue weighted by atomic mass is 19.4. The van der Waals surface area contributed by atoms with Crippen LogP contribution in [-0.2, 0) is 14.3 Å². The van der Waals surface area contributed by atoms with Crippen LogP contribution in [0.15, 0.2) is 0 Å². The molecule has 0 bridgehead atoms. The molecule has 0 aromatic carbocycles. The van der Waals surface area contributed by atoms with Gasteiger partial charge in [-0.1, -0.05) is 0 Å². The second-order valence-electron chi connectivity index (χ2n) is 6.27. The average molecular weight is 379 g/mol.